The van der Waals surface area contributed by atoms with Gasteiger partial charge in [0.25, 0.3) is 11.5 Å². The molecule has 39 heavy (non-hydrogen) atoms. The Hall–Kier alpha value is -3.57. The van der Waals surface area contributed by atoms with Crippen LogP contribution in [0.25, 0.3) is 10.9 Å². The summed E-state index contributed by atoms with van der Waals surface area (Å²) in [4.78, 5) is 30.3. The molecular formula is C28H25Br2FN4O4. The molecule has 0 aliphatic heterocycles. The van der Waals surface area contributed by atoms with Crippen LogP contribution >= 0.6 is 31.9 Å². The average molecular weight is 660 g/mol. The van der Waals surface area contributed by atoms with Gasteiger partial charge in [0.15, 0.2) is 18.1 Å². The number of aromatic nitrogens is 2. The summed E-state index contributed by atoms with van der Waals surface area (Å²) < 4.78 is 27.5. The third kappa shape index (κ3) is 7.10. The predicted molar refractivity (Wildman–Crippen MR) is 157 cm³/mol. The number of carbonyl (C=O) groups excluding carboxylic acids is 1. The molecule has 0 radical (unpaired) electrons. The topological polar surface area (TPSA) is 94.8 Å². The summed E-state index contributed by atoms with van der Waals surface area (Å²) in [6.45, 7) is 3.87. The molecular weight excluding hydrogens is 635 g/mol. The summed E-state index contributed by atoms with van der Waals surface area (Å²) in [5, 5.41) is 7.52. The Bertz CT molecular complexity index is 1610. The minimum Gasteiger partial charge on any atom is -0.490 e. The molecule has 4 aromatic rings. The monoisotopic (exact) mass is 658 g/mol. The van der Waals surface area contributed by atoms with Crippen LogP contribution in [-0.2, 0) is 11.2 Å². The third-order valence-electron chi connectivity index (χ3n) is 5.49. The van der Waals surface area contributed by atoms with Crippen LogP contribution in [0.4, 0.5) is 10.1 Å². The van der Waals surface area contributed by atoms with Crippen LogP contribution in [-0.4, -0.2) is 35.0 Å². The van der Waals surface area contributed by atoms with Gasteiger partial charge in [0.2, 0.25) is 0 Å². The standard InChI is InChI=1S/C28H25Br2FN4O4/c1-3-6-26-34-23-10-9-18(29)12-21(23)28(37)35(26)32-15-17-11-24(38-4-2)25(14-22(17)30)39-16-27(36)33-20-8-5-7-19(31)13-20/h5,7-15H,3-4,6,16H2,1-2H3,(H,33,36). The van der Waals surface area contributed by atoms with Gasteiger partial charge in [-0.25, -0.2) is 9.37 Å². The first-order chi connectivity index (χ1) is 18.8. The van der Waals surface area contributed by atoms with Crippen molar-refractivity contribution in [1.29, 1.82) is 0 Å². The maximum absolute atomic E-state index is 13.4. The fourth-order valence-corrected chi connectivity index (χ4v) is 4.54. The molecule has 0 atom stereocenters. The van der Waals surface area contributed by atoms with Crippen molar-refractivity contribution in [1.82, 2.24) is 9.66 Å². The van der Waals surface area contributed by atoms with Gasteiger partial charge in [-0.3, -0.25) is 9.59 Å². The fourth-order valence-electron chi connectivity index (χ4n) is 3.76. The number of benzene rings is 3. The van der Waals surface area contributed by atoms with Gasteiger partial charge < -0.3 is 14.8 Å². The Morgan fingerprint density at radius 1 is 1.10 bits per heavy atom. The zero-order chi connectivity index (χ0) is 27.9. The lowest BCUT2D eigenvalue weighted by molar-refractivity contribution is -0.118. The molecule has 8 nitrogen and oxygen atoms in total. The Labute approximate surface area is 241 Å². The van der Waals surface area contributed by atoms with Gasteiger partial charge in [-0.15, -0.1) is 0 Å². The molecule has 3 aromatic carbocycles. The number of aryl methyl sites for hydroxylation is 1. The molecule has 0 saturated heterocycles. The summed E-state index contributed by atoms with van der Waals surface area (Å²) >= 11 is 6.92. The van der Waals surface area contributed by atoms with Crippen LogP contribution in [0, 0.1) is 5.82 Å². The number of carbonyl (C=O) groups is 1. The summed E-state index contributed by atoms with van der Waals surface area (Å²) in [5.41, 5.74) is 1.29. The largest absolute Gasteiger partial charge is 0.490 e. The van der Waals surface area contributed by atoms with E-state index in [1.165, 1.54) is 22.9 Å². The number of rotatable bonds is 10. The van der Waals surface area contributed by atoms with Gasteiger partial charge in [-0.2, -0.15) is 9.78 Å². The zero-order valence-corrected chi connectivity index (χ0v) is 24.4. The first-order valence-electron chi connectivity index (χ1n) is 12.2. The van der Waals surface area contributed by atoms with Gasteiger partial charge >= 0.3 is 0 Å². The quantitative estimate of drug-likeness (QED) is 0.201. The highest BCUT2D eigenvalue weighted by Crippen LogP contribution is 2.33. The molecule has 0 spiro atoms. The van der Waals surface area contributed by atoms with Crippen molar-refractivity contribution >= 4 is 60.6 Å². The highest BCUT2D eigenvalue weighted by atomic mass is 79.9. The number of hydrogen-bond donors (Lipinski definition) is 1. The van der Waals surface area contributed by atoms with Crippen molar-refractivity contribution in [3.63, 3.8) is 0 Å². The van der Waals surface area contributed by atoms with E-state index in [1.807, 2.05) is 19.9 Å². The molecule has 1 amide bonds. The molecule has 0 aliphatic carbocycles. The number of anilines is 1. The predicted octanol–water partition coefficient (Wildman–Crippen LogP) is 6.31. The van der Waals surface area contributed by atoms with E-state index < -0.39 is 11.7 Å². The normalized spacial score (nSPS) is 11.2. The van der Waals surface area contributed by atoms with Crippen LogP contribution < -0.4 is 20.3 Å². The molecule has 1 N–H and O–H groups in total. The molecule has 0 saturated carbocycles. The Morgan fingerprint density at radius 2 is 1.90 bits per heavy atom. The number of fused-ring (bicyclic) bond motifs is 1. The Kier molecular flexibility index (Phi) is 9.47. The Balaban J connectivity index is 1.60. The van der Waals surface area contributed by atoms with Crippen molar-refractivity contribution in [2.24, 2.45) is 5.10 Å². The molecule has 11 heteroatoms. The molecule has 4 rings (SSSR count). The first kappa shape index (κ1) is 28.4. The van der Waals surface area contributed by atoms with Crippen LogP contribution in [0.5, 0.6) is 11.5 Å². The van der Waals surface area contributed by atoms with Gasteiger partial charge in [-0.05, 0) is 77.8 Å². The summed E-state index contributed by atoms with van der Waals surface area (Å²) in [7, 11) is 0. The van der Waals surface area contributed by atoms with E-state index >= 15 is 0 Å². The summed E-state index contributed by atoms with van der Waals surface area (Å²) in [6, 6.07) is 14.3. The van der Waals surface area contributed by atoms with Crippen molar-refractivity contribution < 1.29 is 18.7 Å². The highest BCUT2D eigenvalue weighted by molar-refractivity contribution is 9.10. The lowest BCUT2D eigenvalue weighted by atomic mass is 10.2. The minimum absolute atomic E-state index is 0.272. The zero-order valence-electron chi connectivity index (χ0n) is 21.2. The van der Waals surface area contributed by atoms with E-state index in [1.54, 1.807) is 36.5 Å². The van der Waals surface area contributed by atoms with Gasteiger partial charge in [0.1, 0.15) is 11.6 Å². The second-order valence-electron chi connectivity index (χ2n) is 8.40. The van der Waals surface area contributed by atoms with E-state index in [4.69, 9.17) is 9.47 Å². The minimum atomic E-state index is -0.455. The lowest BCUT2D eigenvalue weighted by Gasteiger charge is -2.14. The van der Waals surface area contributed by atoms with E-state index in [0.29, 0.717) is 57.0 Å². The van der Waals surface area contributed by atoms with Crippen LogP contribution in [0.3, 0.4) is 0 Å². The fraction of sp³-hybridized carbons (Fsp3) is 0.214. The van der Waals surface area contributed by atoms with Crippen LogP contribution in [0.2, 0.25) is 0 Å². The van der Waals surface area contributed by atoms with E-state index in [9.17, 15) is 14.0 Å². The smallest absolute Gasteiger partial charge is 0.282 e. The average Bonchev–Trinajstić information content (AvgIpc) is 2.90. The van der Waals surface area contributed by atoms with Gasteiger partial charge in [-0.1, -0.05) is 28.9 Å². The number of nitrogens with zero attached hydrogens (tertiary/aromatic N) is 3. The van der Waals surface area contributed by atoms with Crippen LogP contribution in [0.1, 0.15) is 31.7 Å². The third-order valence-corrected chi connectivity index (χ3v) is 6.67. The summed E-state index contributed by atoms with van der Waals surface area (Å²) in [6.07, 6.45) is 2.91. The van der Waals surface area contributed by atoms with Crippen molar-refractivity contribution in [2.75, 3.05) is 18.5 Å². The van der Waals surface area contributed by atoms with E-state index in [0.717, 1.165) is 10.9 Å². The lowest BCUT2D eigenvalue weighted by Crippen LogP contribution is -2.22. The number of nitrogens with one attached hydrogen (secondary N) is 1. The second-order valence-corrected chi connectivity index (χ2v) is 10.2. The van der Waals surface area contributed by atoms with Crippen molar-refractivity contribution in [3.8, 4) is 11.5 Å². The summed E-state index contributed by atoms with van der Waals surface area (Å²) in [5.74, 6) is 0.366. The SMILES string of the molecule is CCCc1nc2ccc(Br)cc2c(=O)n1N=Cc1cc(OCC)c(OCC(=O)Nc2cccc(F)c2)cc1Br. The number of halogens is 3. The maximum atomic E-state index is 13.4. The maximum Gasteiger partial charge on any atom is 0.282 e. The van der Waals surface area contributed by atoms with Crippen molar-refractivity contribution in [2.45, 2.75) is 26.7 Å². The van der Waals surface area contributed by atoms with Gasteiger partial charge in [0, 0.05) is 26.6 Å². The van der Waals surface area contributed by atoms with Gasteiger partial charge in [0.05, 0.1) is 23.7 Å². The number of ether oxygens (including phenoxy) is 2. The Morgan fingerprint density at radius 3 is 2.64 bits per heavy atom. The molecule has 0 bridgehead atoms. The molecule has 202 valence electrons. The van der Waals surface area contributed by atoms with E-state index in [-0.39, 0.29) is 12.2 Å². The van der Waals surface area contributed by atoms with Crippen LogP contribution in [0.15, 0.2) is 73.4 Å². The highest BCUT2D eigenvalue weighted by Gasteiger charge is 2.14. The molecule has 1 aromatic heterocycles. The molecule has 0 unspecified atom stereocenters. The number of amides is 1. The molecule has 0 fully saturated rings. The van der Waals surface area contributed by atoms with E-state index in [2.05, 4.69) is 47.3 Å². The first-order valence-corrected chi connectivity index (χ1v) is 13.8. The molecule has 1 heterocycles. The molecule has 0 aliphatic rings. The number of hydrogen-bond acceptors (Lipinski definition) is 6. The second kappa shape index (κ2) is 13.0. The van der Waals surface area contributed by atoms with Crippen molar-refractivity contribution in [3.05, 3.63) is 91.1 Å².